The molecule has 0 saturated carbocycles. The molecule has 1 fully saturated rings. The van der Waals surface area contributed by atoms with Crippen molar-refractivity contribution in [2.75, 3.05) is 33.0 Å². The van der Waals surface area contributed by atoms with Crippen molar-refractivity contribution in [2.45, 2.75) is 161 Å². The van der Waals surface area contributed by atoms with Crippen LogP contribution in [0.1, 0.15) is 148 Å². The van der Waals surface area contributed by atoms with E-state index in [-0.39, 0.29) is 18.5 Å². The summed E-state index contributed by atoms with van der Waals surface area (Å²) in [5, 5.41) is 2.14. The maximum Gasteiger partial charge on any atom is 0.224 e. The molecule has 2 atom stereocenters. The Balaban J connectivity index is 0.00000800. The lowest BCUT2D eigenvalue weighted by atomic mass is 10.0. The second-order valence-electron chi connectivity index (χ2n) is 12.0. The van der Waals surface area contributed by atoms with Crippen molar-refractivity contribution in [3.8, 4) is 0 Å². The quantitative estimate of drug-likeness (QED) is 0.0757. The highest BCUT2D eigenvalue weighted by molar-refractivity contribution is 7.07. The summed E-state index contributed by atoms with van der Waals surface area (Å²) >= 11 is 1.77. The third-order valence-corrected chi connectivity index (χ3v) is 8.87. The average molecular weight is 602 g/mol. The third kappa shape index (κ3) is 22.4. The fraction of sp³-hybridized carbons (Fsp3) is 0.912. The molecule has 40 heavy (non-hydrogen) atoms. The van der Waals surface area contributed by atoms with Crippen LogP contribution in [0.3, 0.4) is 0 Å². The molecule has 0 N–H and O–H groups in total. The highest BCUT2D eigenvalue weighted by atomic mass is 35.5. The lowest BCUT2D eigenvalue weighted by Crippen LogP contribution is -3.00. The first kappa shape index (κ1) is 37.8. The zero-order valence-electron chi connectivity index (χ0n) is 26.1. The normalized spacial score (nSPS) is 16.9. The zero-order valence-corrected chi connectivity index (χ0v) is 27.7. The van der Waals surface area contributed by atoms with Gasteiger partial charge in [0, 0.05) is 25.6 Å². The Morgan fingerprint density at radius 3 is 1.70 bits per heavy atom. The second-order valence-corrected chi connectivity index (χ2v) is 12.8. The second kappa shape index (κ2) is 28.9. The van der Waals surface area contributed by atoms with Gasteiger partial charge in [-0.25, -0.2) is 0 Å². The lowest BCUT2D eigenvalue weighted by Gasteiger charge is -2.11. The highest BCUT2D eigenvalue weighted by Crippen LogP contribution is 2.21. The largest absolute Gasteiger partial charge is 1.00 e. The number of nitrogens with zero attached hydrogens (tertiary/aromatic N) is 1. The van der Waals surface area contributed by atoms with Gasteiger partial charge in [0.2, 0.25) is 5.51 Å². The van der Waals surface area contributed by atoms with E-state index >= 15 is 0 Å². The van der Waals surface area contributed by atoms with E-state index in [1.54, 1.807) is 11.3 Å². The molecule has 0 aromatic carbocycles. The smallest absolute Gasteiger partial charge is 0.224 e. The van der Waals surface area contributed by atoms with Crippen LogP contribution >= 0.6 is 11.3 Å². The monoisotopic (exact) mass is 601 g/mol. The van der Waals surface area contributed by atoms with E-state index in [1.807, 2.05) is 0 Å². The third-order valence-electron chi connectivity index (χ3n) is 8.20. The fourth-order valence-electron chi connectivity index (χ4n) is 5.65. The van der Waals surface area contributed by atoms with E-state index in [9.17, 15) is 0 Å². The molecule has 0 aliphatic carbocycles. The topological polar surface area (TPSA) is 31.6 Å². The number of hydrogen-bond acceptors (Lipinski definition) is 4. The van der Waals surface area contributed by atoms with Crippen LogP contribution in [0, 0.1) is 5.92 Å². The first-order valence-corrected chi connectivity index (χ1v) is 18.0. The van der Waals surface area contributed by atoms with E-state index < -0.39 is 0 Å². The number of aryl methyl sites for hydroxylation is 1. The van der Waals surface area contributed by atoms with E-state index in [1.165, 1.54) is 135 Å². The van der Waals surface area contributed by atoms with Gasteiger partial charge >= 0.3 is 0 Å². The van der Waals surface area contributed by atoms with Crippen molar-refractivity contribution in [2.24, 2.45) is 5.92 Å². The Labute approximate surface area is 258 Å². The van der Waals surface area contributed by atoms with Gasteiger partial charge in [-0.1, -0.05) is 127 Å². The van der Waals surface area contributed by atoms with Crippen molar-refractivity contribution in [3.63, 3.8) is 0 Å². The molecule has 0 amide bonds. The van der Waals surface area contributed by atoms with Crippen molar-refractivity contribution < 1.29 is 31.2 Å². The standard InChI is InChI=1S/C34H64NO3S.ClH/c1-2-3-4-5-6-7-8-9-10-11-12-13-14-15-18-22-26-37-31-34-28-33(30-38-34)29-36-25-21-19-16-17-20-23-35-24-27-39-32-35;/h24,27,32-34H,2-23,25-26,28-31H2,1H3;1H/q+1;/p-1/t33-,34-;/m1./s1. The number of aromatic nitrogens is 1. The Hall–Kier alpha value is -0.200. The maximum absolute atomic E-state index is 5.95. The Morgan fingerprint density at radius 2 is 1.18 bits per heavy atom. The summed E-state index contributed by atoms with van der Waals surface area (Å²) < 4.78 is 20.1. The summed E-state index contributed by atoms with van der Waals surface area (Å²) in [7, 11) is 0. The van der Waals surface area contributed by atoms with Gasteiger partial charge in [-0.15, -0.1) is 0 Å². The van der Waals surface area contributed by atoms with Gasteiger partial charge in [0.25, 0.3) is 0 Å². The minimum Gasteiger partial charge on any atom is -1.00 e. The van der Waals surface area contributed by atoms with Gasteiger partial charge < -0.3 is 26.6 Å². The molecule has 2 rings (SSSR count). The predicted octanol–water partition coefficient (Wildman–Crippen LogP) is 6.69. The van der Waals surface area contributed by atoms with Gasteiger partial charge in [-0.3, -0.25) is 0 Å². The molecule has 1 aliphatic rings. The Bertz CT molecular complexity index is 618. The summed E-state index contributed by atoms with van der Waals surface area (Å²) in [6.45, 7) is 7.70. The van der Waals surface area contributed by atoms with Crippen LogP contribution in [-0.4, -0.2) is 39.1 Å². The van der Waals surface area contributed by atoms with E-state index in [0.717, 1.165) is 46.0 Å². The van der Waals surface area contributed by atoms with Crippen LogP contribution in [0.5, 0.6) is 0 Å². The molecule has 2 heterocycles. The molecule has 0 bridgehead atoms. The first-order chi connectivity index (χ1) is 19.4. The average Bonchev–Trinajstić information content (AvgIpc) is 3.64. The summed E-state index contributed by atoms with van der Waals surface area (Å²) in [4.78, 5) is 0. The van der Waals surface area contributed by atoms with Gasteiger partial charge in [-0.05, 0) is 25.7 Å². The van der Waals surface area contributed by atoms with Crippen molar-refractivity contribution >= 4 is 11.3 Å². The molecular weight excluding hydrogens is 538 g/mol. The molecule has 1 aromatic rings. The van der Waals surface area contributed by atoms with Gasteiger partial charge in [0.1, 0.15) is 6.54 Å². The van der Waals surface area contributed by atoms with Gasteiger partial charge in [0.05, 0.1) is 31.3 Å². The van der Waals surface area contributed by atoms with E-state index in [2.05, 4.69) is 28.6 Å². The van der Waals surface area contributed by atoms with Crippen LogP contribution < -0.4 is 17.0 Å². The zero-order chi connectivity index (χ0) is 27.5. The molecule has 0 unspecified atom stereocenters. The summed E-state index contributed by atoms with van der Waals surface area (Å²) in [6.07, 6.45) is 32.5. The number of hydrogen-bond donors (Lipinski definition) is 0. The Kier molecular flexibility index (Phi) is 27.3. The highest BCUT2D eigenvalue weighted by Gasteiger charge is 2.25. The van der Waals surface area contributed by atoms with Gasteiger partial charge in [0.15, 0.2) is 6.20 Å². The molecule has 1 saturated heterocycles. The molecule has 1 aliphatic heterocycles. The van der Waals surface area contributed by atoms with Crippen LogP contribution in [0.2, 0.25) is 0 Å². The number of rotatable bonds is 29. The lowest BCUT2D eigenvalue weighted by molar-refractivity contribution is -0.692. The summed E-state index contributed by atoms with van der Waals surface area (Å²) in [5.41, 5.74) is 2.19. The SMILES string of the molecule is CCCCCCCCCCCCCCCCCCOC[C@H]1C[C@H](COCCCCCCC[n+]2ccsc2)CO1.[Cl-]. The van der Waals surface area contributed by atoms with Crippen LogP contribution in [0.25, 0.3) is 0 Å². The molecule has 0 spiro atoms. The minimum absolute atomic E-state index is 0. The number of unbranched alkanes of at least 4 members (excludes halogenated alkanes) is 19. The number of thiazole rings is 1. The van der Waals surface area contributed by atoms with Crippen molar-refractivity contribution in [1.82, 2.24) is 0 Å². The van der Waals surface area contributed by atoms with E-state index in [0.29, 0.717) is 5.92 Å². The summed E-state index contributed by atoms with van der Waals surface area (Å²) in [5.74, 6) is 0.553. The van der Waals surface area contributed by atoms with Crippen molar-refractivity contribution in [1.29, 1.82) is 0 Å². The van der Waals surface area contributed by atoms with Crippen molar-refractivity contribution in [3.05, 3.63) is 17.1 Å². The van der Waals surface area contributed by atoms with Gasteiger partial charge in [-0.2, -0.15) is 4.57 Å². The van der Waals surface area contributed by atoms with E-state index in [4.69, 9.17) is 14.2 Å². The first-order valence-electron chi connectivity index (χ1n) is 17.1. The fourth-order valence-corrected chi connectivity index (χ4v) is 6.28. The van der Waals surface area contributed by atoms with Crippen LogP contribution in [0.4, 0.5) is 0 Å². The molecule has 4 nitrogen and oxygen atoms in total. The molecular formula is C34H64ClNO3S. The van der Waals surface area contributed by atoms with Crippen LogP contribution in [0.15, 0.2) is 17.1 Å². The maximum atomic E-state index is 5.95. The predicted molar refractivity (Wildman–Crippen MR) is 167 cm³/mol. The summed E-state index contributed by atoms with van der Waals surface area (Å²) in [6, 6.07) is 0. The molecule has 236 valence electrons. The number of halogens is 1. The minimum atomic E-state index is 0. The molecule has 1 aromatic heterocycles. The molecule has 0 radical (unpaired) electrons. The van der Waals surface area contributed by atoms with Crippen LogP contribution in [-0.2, 0) is 20.8 Å². The Morgan fingerprint density at radius 1 is 0.675 bits per heavy atom. The molecule has 6 heteroatoms. The number of ether oxygens (including phenoxy) is 3.